The molecule has 9 rings (SSSR count). The number of β-amino-alcohol motifs (C(OH)–C–C–N with tert-alkyl or cyclic N) is 1. The van der Waals surface area contributed by atoms with E-state index in [4.69, 9.17) is 20.9 Å². The molecule has 5 aliphatic rings. The maximum absolute atomic E-state index is 17.2. The Kier molecular flexibility index (Phi) is 6.51. The Hall–Kier alpha value is -4.27. The van der Waals surface area contributed by atoms with Crippen molar-refractivity contribution in [1.29, 1.82) is 0 Å². The second kappa shape index (κ2) is 10.4. The number of methoxy groups -OCH3 is 1. The van der Waals surface area contributed by atoms with E-state index in [2.05, 4.69) is 20.8 Å². The van der Waals surface area contributed by atoms with E-state index >= 15 is 4.39 Å². The summed E-state index contributed by atoms with van der Waals surface area (Å²) in [6.45, 7) is 5.21. The zero-order valence-corrected chi connectivity index (χ0v) is 27.8. The van der Waals surface area contributed by atoms with Gasteiger partial charge < -0.3 is 24.6 Å². The van der Waals surface area contributed by atoms with Gasteiger partial charge in [0.1, 0.15) is 40.6 Å². The van der Waals surface area contributed by atoms with Gasteiger partial charge in [0.05, 0.1) is 23.8 Å². The van der Waals surface area contributed by atoms with E-state index in [1.54, 1.807) is 6.92 Å². The van der Waals surface area contributed by atoms with Gasteiger partial charge in [0.2, 0.25) is 5.88 Å². The lowest BCUT2D eigenvalue weighted by molar-refractivity contribution is 0.0447. The largest absolute Gasteiger partial charge is 0.508 e. The highest BCUT2D eigenvalue weighted by Gasteiger charge is 2.67. The first kappa shape index (κ1) is 30.8. The zero-order valence-electron chi connectivity index (χ0n) is 27.8. The molecular formula is C38H39F2N5O4. The predicted octanol–water partition coefficient (Wildman–Crippen LogP) is 5.96. The third kappa shape index (κ3) is 4.89. The average Bonchev–Trinajstić information content (AvgIpc) is 3.96. The van der Waals surface area contributed by atoms with Crippen molar-refractivity contribution in [2.45, 2.75) is 69.4 Å². The fourth-order valence-electron chi connectivity index (χ4n) is 9.29. The highest BCUT2D eigenvalue weighted by molar-refractivity contribution is 6.04. The van der Waals surface area contributed by atoms with Crippen LogP contribution in [0.2, 0.25) is 0 Å². The minimum Gasteiger partial charge on any atom is -0.508 e. The summed E-state index contributed by atoms with van der Waals surface area (Å²) in [6, 6.07) is 5.48. The average molecular weight is 668 g/mol. The van der Waals surface area contributed by atoms with E-state index in [-0.39, 0.29) is 62.8 Å². The van der Waals surface area contributed by atoms with Crippen LogP contribution in [0.25, 0.3) is 32.9 Å². The lowest BCUT2D eigenvalue weighted by atomic mass is 9.85. The van der Waals surface area contributed by atoms with Crippen molar-refractivity contribution < 1.29 is 28.5 Å². The summed E-state index contributed by atoms with van der Waals surface area (Å²) in [5.74, 6) is 1.14. The van der Waals surface area contributed by atoms with Crippen molar-refractivity contribution in [2.24, 2.45) is 10.8 Å². The van der Waals surface area contributed by atoms with Gasteiger partial charge >= 0.3 is 6.01 Å². The molecule has 2 N–H and O–H groups in total. The van der Waals surface area contributed by atoms with E-state index in [0.717, 1.165) is 25.9 Å². The molecule has 2 aliphatic carbocycles. The van der Waals surface area contributed by atoms with Gasteiger partial charge in [-0.15, -0.1) is 6.42 Å². The second-order valence-electron chi connectivity index (χ2n) is 15.7. The van der Waals surface area contributed by atoms with Gasteiger partial charge in [0.25, 0.3) is 0 Å². The summed E-state index contributed by atoms with van der Waals surface area (Å²) >= 11 is 0. The lowest BCUT2D eigenvalue weighted by Crippen LogP contribution is -2.46. The van der Waals surface area contributed by atoms with Crippen LogP contribution in [0.4, 0.5) is 14.6 Å². The van der Waals surface area contributed by atoms with Crippen LogP contribution in [0.5, 0.6) is 17.6 Å². The molecule has 0 radical (unpaired) electrons. The minimum atomic E-state index is -0.990. The van der Waals surface area contributed by atoms with Crippen LogP contribution in [0.3, 0.4) is 0 Å². The van der Waals surface area contributed by atoms with Crippen LogP contribution < -0.4 is 14.4 Å². The van der Waals surface area contributed by atoms with Crippen molar-refractivity contribution >= 4 is 27.5 Å². The number of aliphatic hydroxyl groups is 1. The van der Waals surface area contributed by atoms with E-state index in [1.807, 2.05) is 4.90 Å². The second-order valence-corrected chi connectivity index (χ2v) is 15.7. The topological polar surface area (TPSA) is 104 Å². The number of pyridine rings is 1. The minimum absolute atomic E-state index is 0.0322. The van der Waals surface area contributed by atoms with Crippen LogP contribution in [-0.2, 0) is 0 Å². The maximum atomic E-state index is 17.2. The van der Waals surface area contributed by atoms with E-state index < -0.39 is 17.2 Å². The molecule has 4 aromatic rings. The standard InChI is InChI=1S/C38H39F2N5O4/c1-4-24-26(39)7-6-22-14-23(46)15-25(27(22)24)30-29(40)31-28(33(41-30)48-3)32(44-13-5-8-35(2,47)18-44)43-34(42-31)49-21-38-16-36(9-10-36)19-45(38)20-37(17-38)11-12-37/h1,6-7,14-15,46-47H,5,8-13,16-21H2,2-3H3/t35-/m1/s1. The first-order valence-corrected chi connectivity index (χ1v) is 17.2. The number of halogens is 2. The molecule has 49 heavy (non-hydrogen) atoms. The highest BCUT2D eigenvalue weighted by Crippen LogP contribution is 2.67. The molecule has 0 amide bonds. The molecule has 1 atom stereocenters. The van der Waals surface area contributed by atoms with Crippen molar-refractivity contribution in [3.05, 3.63) is 41.5 Å². The number of hydrogen-bond donors (Lipinski definition) is 2. The van der Waals surface area contributed by atoms with Gasteiger partial charge in [0.15, 0.2) is 5.82 Å². The Morgan fingerprint density at radius 3 is 2.37 bits per heavy atom. The molecule has 2 aromatic heterocycles. The maximum Gasteiger partial charge on any atom is 0.319 e. The number of aromatic hydroxyl groups is 1. The van der Waals surface area contributed by atoms with Crippen molar-refractivity contribution in [2.75, 3.05) is 44.8 Å². The fraction of sp³-hybridized carbons (Fsp3) is 0.500. The van der Waals surface area contributed by atoms with Crippen LogP contribution in [0.1, 0.15) is 63.9 Å². The predicted molar refractivity (Wildman–Crippen MR) is 181 cm³/mol. The number of terminal acetylenes is 1. The zero-order chi connectivity index (χ0) is 33.9. The number of rotatable bonds is 6. The van der Waals surface area contributed by atoms with E-state index in [1.165, 1.54) is 57.1 Å². The number of ether oxygens (including phenoxy) is 2. The number of piperidine rings is 1. The molecule has 254 valence electrons. The molecule has 3 saturated heterocycles. The summed E-state index contributed by atoms with van der Waals surface area (Å²) in [5, 5.41) is 22.6. The normalized spacial score (nSPS) is 24.4. The van der Waals surface area contributed by atoms with Crippen molar-refractivity contribution in [3.8, 4) is 41.2 Å². The fourth-order valence-corrected chi connectivity index (χ4v) is 9.29. The number of fused-ring (bicyclic) bond motifs is 3. The Bertz CT molecular complexity index is 2080. The molecule has 5 heterocycles. The summed E-state index contributed by atoms with van der Waals surface area (Å²) in [7, 11) is 1.42. The smallest absolute Gasteiger partial charge is 0.319 e. The molecule has 2 saturated carbocycles. The Balaban J connectivity index is 1.21. The monoisotopic (exact) mass is 667 g/mol. The summed E-state index contributed by atoms with van der Waals surface area (Å²) in [4.78, 5) is 18.7. The number of nitrogens with zero attached hydrogens (tertiary/aromatic N) is 5. The quantitative estimate of drug-likeness (QED) is 0.241. The van der Waals surface area contributed by atoms with Crippen LogP contribution >= 0.6 is 0 Å². The molecule has 5 fully saturated rings. The molecule has 2 spiro atoms. The number of phenolic OH excluding ortho intramolecular Hbond substituents is 1. The van der Waals surface area contributed by atoms with Gasteiger partial charge in [-0.25, -0.2) is 13.8 Å². The van der Waals surface area contributed by atoms with Gasteiger partial charge in [-0.1, -0.05) is 12.0 Å². The van der Waals surface area contributed by atoms with Crippen LogP contribution in [0, 0.1) is 34.8 Å². The lowest BCUT2D eigenvalue weighted by Gasteiger charge is -2.38. The van der Waals surface area contributed by atoms with Gasteiger partial charge in [0, 0.05) is 37.1 Å². The molecular weight excluding hydrogens is 628 g/mol. The van der Waals surface area contributed by atoms with Gasteiger partial charge in [-0.05, 0) is 92.7 Å². The molecule has 0 unspecified atom stereocenters. The molecule has 9 nitrogen and oxygen atoms in total. The number of benzene rings is 2. The Morgan fingerprint density at radius 1 is 0.980 bits per heavy atom. The molecule has 3 aliphatic heterocycles. The third-order valence-electron chi connectivity index (χ3n) is 11.8. The molecule has 2 aromatic carbocycles. The van der Waals surface area contributed by atoms with Gasteiger partial charge in [-0.2, -0.15) is 9.97 Å². The van der Waals surface area contributed by atoms with Crippen molar-refractivity contribution in [3.63, 3.8) is 0 Å². The van der Waals surface area contributed by atoms with Crippen LogP contribution in [0.15, 0.2) is 24.3 Å². The number of anilines is 1. The Labute approximate surface area is 283 Å². The number of phenols is 1. The first-order valence-electron chi connectivity index (χ1n) is 17.2. The molecule has 11 heteroatoms. The first-order chi connectivity index (χ1) is 23.5. The van der Waals surface area contributed by atoms with Crippen molar-refractivity contribution in [1.82, 2.24) is 19.9 Å². The molecule has 0 bridgehead atoms. The number of hydrogen-bond acceptors (Lipinski definition) is 9. The summed E-state index contributed by atoms with van der Waals surface area (Å²) in [6.07, 6.45) is 14.2. The summed E-state index contributed by atoms with van der Waals surface area (Å²) < 4.78 is 44.5. The Morgan fingerprint density at radius 2 is 1.71 bits per heavy atom. The SMILES string of the molecule is C#Cc1c(F)ccc2cc(O)cc(-c3nc(OC)c4c(N5CCC[C@@](C)(O)C5)nc(OCC56CC7(CC7)CN5CC5(CC5)C6)nc4c3F)c12. The van der Waals surface area contributed by atoms with Gasteiger partial charge in [-0.3, -0.25) is 4.90 Å². The highest BCUT2D eigenvalue weighted by atomic mass is 19.1. The van der Waals surface area contributed by atoms with E-state index in [0.29, 0.717) is 48.0 Å². The van der Waals surface area contributed by atoms with Crippen LogP contribution in [-0.4, -0.2) is 81.1 Å². The summed E-state index contributed by atoms with van der Waals surface area (Å²) in [5.41, 5.74) is -0.603. The number of aromatic nitrogens is 3. The van der Waals surface area contributed by atoms with E-state index in [9.17, 15) is 14.6 Å². The third-order valence-corrected chi connectivity index (χ3v) is 11.8.